The first-order valence-corrected chi connectivity index (χ1v) is 7.18. The van der Waals surface area contributed by atoms with E-state index < -0.39 is 0 Å². The second-order valence-electron chi connectivity index (χ2n) is 5.30. The van der Waals surface area contributed by atoms with Crippen LogP contribution in [0.5, 0.6) is 0 Å². The monoisotopic (exact) mass is 271 g/mol. The Morgan fingerprint density at radius 3 is 2.42 bits per heavy atom. The number of benzene rings is 2. The van der Waals surface area contributed by atoms with Crippen LogP contribution < -0.4 is 5.32 Å². The van der Waals surface area contributed by atoms with Crippen LogP contribution in [0.15, 0.2) is 54.6 Å². The van der Waals surface area contributed by atoms with Crippen LogP contribution >= 0.6 is 11.6 Å². The molecule has 1 saturated carbocycles. The van der Waals surface area contributed by atoms with Crippen LogP contribution in [0.2, 0.25) is 5.02 Å². The molecule has 0 saturated heterocycles. The van der Waals surface area contributed by atoms with Crippen LogP contribution in [0.1, 0.15) is 36.4 Å². The van der Waals surface area contributed by atoms with Gasteiger partial charge in [-0.2, -0.15) is 0 Å². The van der Waals surface area contributed by atoms with Crippen molar-refractivity contribution in [2.24, 2.45) is 0 Å². The van der Waals surface area contributed by atoms with Gasteiger partial charge in [0, 0.05) is 23.0 Å². The topological polar surface area (TPSA) is 12.0 Å². The maximum absolute atomic E-state index is 5.92. The van der Waals surface area contributed by atoms with Crippen LogP contribution in [0.4, 0.5) is 0 Å². The first-order valence-electron chi connectivity index (χ1n) is 6.80. The summed E-state index contributed by atoms with van der Waals surface area (Å²) in [6, 6.07) is 19.8. The average molecular weight is 272 g/mol. The number of nitrogens with one attached hydrogen (secondary N) is 1. The maximum Gasteiger partial charge on any atom is 0.0406 e. The van der Waals surface area contributed by atoms with Gasteiger partial charge in [0.25, 0.3) is 0 Å². The number of rotatable bonds is 4. The van der Waals surface area contributed by atoms with E-state index in [4.69, 9.17) is 11.6 Å². The van der Waals surface area contributed by atoms with E-state index in [2.05, 4.69) is 54.7 Å². The summed E-state index contributed by atoms with van der Waals surface area (Å²) in [4.78, 5) is 0. The van der Waals surface area contributed by atoms with Crippen LogP contribution in [0.3, 0.4) is 0 Å². The summed E-state index contributed by atoms with van der Waals surface area (Å²) in [6.07, 6.45) is 1.24. The van der Waals surface area contributed by atoms with Crippen molar-refractivity contribution >= 4 is 11.6 Å². The smallest absolute Gasteiger partial charge is 0.0406 e. The minimum atomic E-state index is 0.371. The number of hydrogen-bond acceptors (Lipinski definition) is 1. The van der Waals surface area contributed by atoms with Gasteiger partial charge >= 0.3 is 0 Å². The number of halogens is 1. The largest absolute Gasteiger partial charge is 0.307 e. The highest BCUT2D eigenvalue weighted by atomic mass is 35.5. The molecule has 3 atom stereocenters. The molecule has 0 bridgehead atoms. The van der Waals surface area contributed by atoms with E-state index in [-0.39, 0.29) is 0 Å². The highest BCUT2D eigenvalue weighted by molar-refractivity contribution is 6.30. The highest BCUT2D eigenvalue weighted by Crippen LogP contribution is 2.41. The highest BCUT2D eigenvalue weighted by Gasteiger charge is 2.38. The molecule has 0 heterocycles. The Bertz CT molecular complexity index is 535. The molecule has 0 spiro atoms. The van der Waals surface area contributed by atoms with Crippen molar-refractivity contribution in [1.82, 2.24) is 5.32 Å². The number of hydrogen-bond donors (Lipinski definition) is 1. The molecule has 2 aromatic carbocycles. The standard InChI is InChI=1S/C17H18ClN/c1-12(13-7-9-15(18)10-8-13)19-17-11-16(17)14-5-3-2-4-6-14/h2-10,12,16-17,19H,11H2,1H3. The zero-order valence-electron chi connectivity index (χ0n) is 11.0. The summed E-state index contributed by atoms with van der Waals surface area (Å²) >= 11 is 5.92. The Morgan fingerprint density at radius 2 is 1.74 bits per heavy atom. The third-order valence-electron chi connectivity index (χ3n) is 3.85. The van der Waals surface area contributed by atoms with Gasteiger partial charge in [-0.3, -0.25) is 0 Å². The molecule has 1 fully saturated rings. The Labute approximate surface area is 119 Å². The lowest BCUT2D eigenvalue weighted by Crippen LogP contribution is -2.22. The maximum atomic E-state index is 5.92. The lowest BCUT2D eigenvalue weighted by Gasteiger charge is -2.14. The first kappa shape index (κ1) is 12.7. The van der Waals surface area contributed by atoms with Crippen LogP contribution in [-0.2, 0) is 0 Å². The fourth-order valence-electron chi connectivity index (χ4n) is 2.62. The Kier molecular flexibility index (Phi) is 3.58. The van der Waals surface area contributed by atoms with E-state index in [9.17, 15) is 0 Å². The fourth-order valence-corrected chi connectivity index (χ4v) is 2.74. The summed E-state index contributed by atoms with van der Waals surface area (Å²) in [5, 5.41) is 4.49. The van der Waals surface area contributed by atoms with Crippen molar-refractivity contribution in [3.63, 3.8) is 0 Å². The van der Waals surface area contributed by atoms with Gasteiger partial charge in [0.2, 0.25) is 0 Å². The molecule has 0 aliphatic heterocycles. The summed E-state index contributed by atoms with van der Waals surface area (Å²) in [5.41, 5.74) is 2.74. The van der Waals surface area contributed by atoms with E-state index in [0.29, 0.717) is 18.0 Å². The van der Waals surface area contributed by atoms with Crippen molar-refractivity contribution in [2.75, 3.05) is 0 Å². The SMILES string of the molecule is CC(NC1CC1c1ccccc1)c1ccc(Cl)cc1. The summed E-state index contributed by atoms with van der Waals surface area (Å²) in [6.45, 7) is 2.21. The molecule has 1 nitrogen and oxygen atoms in total. The quantitative estimate of drug-likeness (QED) is 0.860. The lowest BCUT2D eigenvalue weighted by atomic mass is 10.1. The minimum Gasteiger partial charge on any atom is -0.307 e. The van der Waals surface area contributed by atoms with Crippen LogP contribution in [-0.4, -0.2) is 6.04 Å². The molecule has 0 amide bonds. The predicted molar refractivity (Wildman–Crippen MR) is 80.6 cm³/mol. The second kappa shape index (κ2) is 5.36. The normalized spacial score (nSPS) is 23.1. The molecule has 1 N–H and O–H groups in total. The van der Waals surface area contributed by atoms with Crippen molar-refractivity contribution in [3.8, 4) is 0 Å². The van der Waals surface area contributed by atoms with Gasteiger partial charge in [-0.05, 0) is 36.6 Å². The third-order valence-corrected chi connectivity index (χ3v) is 4.10. The molecule has 0 radical (unpaired) electrons. The fraction of sp³-hybridized carbons (Fsp3) is 0.294. The Balaban J connectivity index is 1.60. The van der Waals surface area contributed by atoms with Gasteiger partial charge in [0.1, 0.15) is 0 Å². The molecule has 19 heavy (non-hydrogen) atoms. The van der Waals surface area contributed by atoms with Crippen LogP contribution in [0.25, 0.3) is 0 Å². The van der Waals surface area contributed by atoms with Gasteiger partial charge < -0.3 is 5.32 Å². The average Bonchev–Trinajstić information content (AvgIpc) is 3.20. The van der Waals surface area contributed by atoms with Gasteiger partial charge in [-0.1, -0.05) is 54.1 Å². The van der Waals surface area contributed by atoms with E-state index in [0.717, 1.165) is 5.02 Å². The van der Waals surface area contributed by atoms with Gasteiger partial charge in [0.05, 0.1) is 0 Å². The van der Waals surface area contributed by atoms with Gasteiger partial charge in [0.15, 0.2) is 0 Å². The molecule has 2 aromatic rings. The van der Waals surface area contributed by atoms with E-state index in [1.807, 2.05) is 12.1 Å². The summed E-state index contributed by atoms with van der Waals surface area (Å²) < 4.78 is 0. The van der Waals surface area contributed by atoms with Crippen molar-refractivity contribution in [1.29, 1.82) is 0 Å². The predicted octanol–water partition coefficient (Wildman–Crippen LogP) is 4.55. The Morgan fingerprint density at radius 1 is 1.05 bits per heavy atom. The minimum absolute atomic E-state index is 0.371. The van der Waals surface area contributed by atoms with E-state index in [1.165, 1.54) is 17.5 Å². The van der Waals surface area contributed by atoms with Crippen molar-refractivity contribution < 1.29 is 0 Å². The Hall–Kier alpha value is -1.31. The van der Waals surface area contributed by atoms with Crippen molar-refractivity contribution in [2.45, 2.75) is 31.3 Å². The third kappa shape index (κ3) is 2.99. The summed E-state index contributed by atoms with van der Waals surface area (Å²) in [5.74, 6) is 0.677. The van der Waals surface area contributed by atoms with Crippen LogP contribution in [0, 0.1) is 0 Å². The van der Waals surface area contributed by atoms with Gasteiger partial charge in [-0.15, -0.1) is 0 Å². The zero-order chi connectivity index (χ0) is 13.2. The molecular weight excluding hydrogens is 254 g/mol. The van der Waals surface area contributed by atoms with E-state index in [1.54, 1.807) is 0 Å². The first-order chi connectivity index (χ1) is 9.24. The van der Waals surface area contributed by atoms with E-state index >= 15 is 0 Å². The molecular formula is C17H18ClN. The van der Waals surface area contributed by atoms with Gasteiger partial charge in [-0.25, -0.2) is 0 Å². The molecule has 3 rings (SSSR count). The molecule has 2 heteroatoms. The molecule has 98 valence electrons. The lowest BCUT2D eigenvalue weighted by molar-refractivity contribution is 0.563. The molecule has 1 aliphatic rings. The molecule has 1 aliphatic carbocycles. The second-order valence-corrected chi connectivity index (χ2v) is 5.74. The zero-order valence-corrected chi connectivity index (χ0v) is 11.8. The molecule has 0 aromatic heterocycles. The molecule has 3 unspecified atom stereocenters. The summed E-state index contributed by atoms with van der Waals surface area (Å²) in [7, 11) is 0. The van der Waals surface area contributed by atoms with Crippen molar-refractivity contribution in [3.05, 3.63) is 70.7 Å².